The summed E-state index contributed by atoms with van der Waals surface area (Å²) in [6, 6.07) is 23.6. The van der Waals surface area contributed by atoms with Crippen LogP contribution >= 0.6 is 0 Å². The van der Waals surface area contributed by atoms with Gasteiger partial charge in [0.15, 0.2) is 0 Å². The first-order chi connectivity index (χ1) is 17.5. The molecule has 2 atom stereocenters. The summed E-state index contributed by atoms with van der Waals surface area (Å²) in [6.07, 6.45) is 1.27. The number of benzene rings is 3. The topological polar surface area (TPSA) is 121 Å². The highest BCUT2D eigenvalue weighted by Crippen LogP contribution is 2.19. The second-order valence-corrected chi connectivity index (χ2v) is 8.41. The Balaban J connectivity index is 1.50. The van der Waals surface area contributed by atoms with E-state index in [1.165, 1.54) is 0 Å². The van der Waals surface area contributed by atoms with Gasteiger partial charge in [0.2, 0.25) is 5.91 Å². The number of H-pyrrole nitrogens is 1. The van der Waals surface area contributed by atoms with Crippen molar-refractivity contribution in [3.05, 3.63) is 108 Å². The van der Waals surface area contributed by atoms with E-state index in [2.05, 4.69) is 15.6 Å². The van der Waals surface area contributed by atoms with Gasteiger partial charge in [0.25, 0.3) is 0 Å². The zero-order valence-electron chi connectivity index (χ0n) is 19.5. The minimum absolute atomic E-state index is 0.0415. The van der Waals surface area contributed by atoms with Crippen LogP contribution in [0.2, 0.25) is 0 Å². The molecule has 0 aliphatic heterocycles. The van der Waals surface area contributed by atoms with Gasteiger partial charge < -0.3 is 25.5 Å². The Hall–Kier alpha value is -4.59. The molecule has 0 aliphatic carbocycles. The molecular weight excluding hydrogens is 458 g/mol. The van der Waals surface area contributed by atoms with E-state index in [-0.39, 0.29) is 19.4 Å². The number of para-hydroxylation sites is 1. The van der Waals surface area contributed by atoms with E-state index in [4.69, 9.17) is 4.74 Å². The number of amides is 2. The first kappa shape index (κ1) is 24.5. The fraction of sp³-hybridized carbons (Fsp3) is 0.179. The molecule has 3 aromatic carbocycles. The fourth-order valence-electron chi connectivity index (χ4n) is 3.96. The Kier molecular flexibility index (Phi) is 7.97. The van der Waals surface area contributed by atoms with Gasteiger partial charge >= 0.3 is 12.1 Å². The molecule has 4 rings (SSSR count). The van der Waals surface area contributed by atoms with Gasteiger partial charge in [-0.05, 0) is 22.8 Å². The van der Waals surface area contributed by atoms with Crippen LogP contribution in [0.15, 0.2) is 91.1 Å². The summed E-state index contributed by atoms with van der Waals surface area (Å²) in [7, 11) is 0. The van der Waals surface area contributed by atoms with E-state index >= 15 is 0 Å². The average molecular weight is 486 g/mol. The number of carboxylic acids is 1. The van der Waals surface area contributed by atoms with Crippen molar-refractivity contribution in [2.75, 3.05) is 0 Å². The number of aromatic amines is 1. The third-order valence-electron chi connectivity index (χ3n) is 5.82. The largest absolute Gasteiger partial charge is 0.480 e. The summed E-state index contributed by atoms with van der Waals surface area (Å²) < 4.78 is 5.31. The van der Waals surface area contributed by atoms with Crippen LogP contribution in [-0.2, 0) is 33.8 Å². The number of hydrogen-bond acceptors (Lipinski definition) is 4. The van der Waals surface area contributed by atoms with Gasteiger partial charge in [-0.15, -0.1) is 0 Å². The first-order valence-electron chi connectivity index (χ1n) is 11.6. The molecule has 0 saturated heterocycles. The predicted octanol–water partition coefficient (Wildman–Crippen LogP) is 3.82. The molecule has 36 heavy (non-hydrogen) atoms. The van der Waals surface area contributed by atoms with Gasteiger partial charge in [0.05, 0.1) is 0 Å². The second kappa shape index (κ2) is 11.7. The Morgan fingerprint density at radius 2 is 1.42 bits per heavy atom. The Labute approximate surface area is 208 Å². The zero-order chi connectivity index (χ0) is 25.3. The summed E-state index contributed by atoms with van der Waals surface area (Å²) >= 11 is 0. The fourth-order valence-corrected chi connectivity index (χ4v) is 3.96. The molecule has 184 valence electrons. The number of fused-ring (bicyclic) bond motifs is 1. The van der Waals surface area contributed by atoms with Crippen LogP contribution in [0, 0.1) is 0 Å². The number of carbonyl (C=O) groups excluding carboxylic acids is 2. The van der Waals surface area contributed by atoms with Crippen molar-refractivity contribution < 1.29 is 24.2 Å². The highest BCUT2D eigenvalue weighted by molar-refractivity contribution is 5.91. The maximum Gasteiger partial charge on any atom is 0.408 e. The number of hydrogen-bond donors (Lipinski definition) is 4. The quantitative estimate of drug-likeness (QED) is 0.272. The number of aromatic nitrogens is 1. The lowest BCUT2D eigenvalue weighted by atomic mass is 10.0. The van der Waals surface area contributed by atoms with E-state index in [9.17, 15) is 19.5 Å². The third kappa shape index (κ3) is 6.50. The molecule has 0 saturated carbocycles. The molecule has 8 heteroatoms. The molecule has 2 amide bonds. The van der Waals surface area contributed by atoms with Gasteiger partial charge in [-0.1, -0.05) is 78.9 Å². The smallest absolute Gasteiger partial charge is 0.408 e. The van der Waals surface area contributed by atoms with Crippen LogP contribution in [0.4, 0.5) is 4.79 Å². The normalized spacial score (nSPS) is 12.4. The van der Waals surface area contributed by atoms with Crippen molar-refractivity contribution in [3.63, 3.8) is 0 Å². The second-order valence-electron chi connectivity index (χ2n) is 8.41. The summed E-state index contributed by atoms with van der Waals surface area (Å²) in [5.74, 6) is -1.77. The van der Waals surface area contributed by atoms with Gasteiger partial charge in [-0.25, -0.2) is 9.59 Å². The molecule has 1 unspecified atom stereocenters. The Morgan fingerprint density at radius 3 is 2.11 bits per heavy atom. The summed E-state index contributed by atoms with van der Waals surface area (Å²) in [5, 5.41) is 15.8. The molecule has 0 spiro atoms. The van der Waals surface area contributed by atoms with E-state index in [0.717, 1.165) is 27.6 Å². The van der Waals surface area contributed by atoms with Gasteiger partial charge in [0, 0.05) is 29.9 Å². The molecule has 4 N–H and O–H groups in total. The van der Waals surface area contributed by atoms with Gasteiger partial charge in [0.1, 0.15) is 18.7 Å². The summed E-state index contributed by atoms with van der Waals surface area (Å²) in [4.78, 5) is 40.9. The van der Waals surface area contributed by atoms with E-state index in [1.54, 1.807) is 30.5 Å². The van der Waals surface area contributed by atoms with Crippen LogP contribution in [0.1, 0.15) is 16.7 Å². The lowest BCUT2D eigenvalue weighted by Gasteiger charge is -2.21. The highest BCUT2D eigenvalue weighted by Gasteiger charge is 2.28. The maximum atomic E-state index is 13.3. The monoisotopic (exact) mass is 485 g/mol. The van der Waals surface area contributed by atoms with Crippen LogP contribution < -0.4 is 10.6 Å². The molecule has 0 radical (unpaired) electrons. The molecule has 0 aliphatic rings. The Bertz CT molecular complexity index is 1320. The van der Waals surface area contributed by atoms with Gasteiger partial charge in [-0.3, -0.25) is 4.79 Å². The number of rotatable bonds is 10. The van der Waals surface area contributed by atoms with Crippen molar-refractivity contribution >= 4 is 28.9 Å². The minimum atomic E-state index is -1.16. The number of carboxylic acid groups (broad SMARTS) is 1. The molecule has 1 aromatic heterocycles. The van der Waals surface area contributed by atoms with Crippen molar-refractivity contribution in [1.29, 1.82) is 0 Å². The zero-order valence-corrected chi connectivity index (χ0v) is 19.5. The van der Waals surface area contributed by atoms with Crippen LogP contribution in [-0.4, -0.2) is 40.1 Å². The third-order valence-corrected chi connectivity index (χ3v) is 5.82. The van der Waals surface area contributed by atoms with Crippen molar-refractivity contribution in [2.24, 2.45) is 0 Å². The molecule has 4 aromatic rings. The number of aliphatic carboxylic acids is 1. The number of nitrogens with one attached hydrogen (secondary N) is 3. The SMILES string of the molecule is O=C(NC(Cc1c[nH]c2ccccc12)C(=O)N[C@@H](Cc1ccccc1)C(=O)O)OCc1ccccc1. The predicted molar refractivity (Wildman–Crippen MR) is 135 cm³/mol. The Morgan fingerprint density at radius 1 is 0.778 bits per heavy atom. The molecule has 1 heterocycles. The number of ether oxygens (including phenoxy) is 1. The van der Waals surface area contributed by atoms with E-state index in [0.29, 0.717) is 0 Å². The molecule has 8 nitrogen and oxygen atoms in total. The number of carbonyl (C=O) groups is 3. The van der Waals surface area contributed by atoms with Crippen LogP contribution in [0.5, 0.6) is 0 Å². The standard InChI is InChI=1S/C28H27N3O5/c32-26(30-25(27(33)34)15-19-9-3-1-4-10-19)24(16-21-17-29-23-14-8-7-13-22(21)23)31-28(35)36-18-20-11-5-2-6-12-20/h1-14,17,24-25,29H,15-16,18H2,(H,30,32)(H,31,35)(H,33,34)/t24?,25-/m0/s1. The molecular formula is C28H27N3O5. The van der Waals surface area contributed by atoms with Crippen molar-refractivity contribution in [2.45, 2.75) is 31.5 Å². The van der Waals surface area contributed by atoms with Crippen molar-refractivity contribution in [3.8, 4) is 0 Å². The van der Waals surface area contributed by atoms with Gasteiger partial charge in [-0.2, -0.15) is 0 Å². The first-order valence-corrected chi connectivity index (χ1v) is 11.6. The summed E-state index contributed by atoms with van der Waals surface area (Å²) in [5.41, 5.74) is 3.28. The molecule has 0 bridgehead atoms. The number of alkyl carbamates (subject to hydrolysis) is 1. The van der Waals surface area contributed by atoms with Crippen molar-refractivity contribution in [1.82, 2.24) is 15.6 Å². The molecule has 0 fully saturated rings. The lowest BCUT2D eigenvalue weighted by molar-refractivity contribution is -0.142. The highest BCUT2D eigenvalue weighted by atomic mass is 16.5. The summed E-state index contributed by atoms with van der Waals surface area (Å²) in [6.45, 7) is 0.0415. The van der Waals surface area contributed by atoms with Crippen LogP contribution in [0.25, 0.3) is 10.9 Å². The van der Waals surface area contributed by atoms with Crippen LogP contribution in [0.3, 0.4) is 0 Å². The minimum Gasteiger partial charge on any atom is -0.480 e. The average Bonchev–Trinajstić information content (AvgIpc) is 3.30. The van der Waals surface area contributed by atoms with E-state index < -0.39 is 30.1 Å². The van der Waals surface area contributed by atoms with E-state index in [1.807, 2.05) is 60.7 Å². The lowest BCUT2D eigenvalue weighted by Crippen LogP contribution is -2.53. The maximum absolute atomic E-state index is 13.3.